The van der Waals surface area contributed by atoms with Crippen LogP contribution in [0.1, 0.15) is 29.3 Å². The number of hydrogen-bond donors (Lipinski definition) is 1. The number of aldehydes is 1. The van der Waals surface area contributed by atoms with E-state index >= 15 is 0 Å². The van der Waals surface area contributed by atoms with Crippen molar-refractivity contribution in [3.05, 3.63) is 53.7 Å². The van der Waals surface area contributed by atoms with E-state index in [1.54, 1.807) is 19.2 Å². The normalized spacial score (nSPS) is 16.3. The molecule has 1 heterocycles. The molecule has 0 aliphatic carbocycles. The van der Waals surface area contributed by atoms with Crippen molar-refractivity contribution >= 4 is 29.4 Å². The number of anilines is 1. The molecule has 0 fully saturated rings. The summed E-state index contributed by atoms with van der Waals surface area (Å²) in [7, 11) is 3.56. The number of aliphatic imine (C=N–C) groups is 1. The number of methoxy groups -OCH3 is 1. The Kier molecular flexibility index (Phi) is 5.99. The van der Waals surface area contributed by atoms with Crippen LogP contribution in [0.5, 0.6) is 11.5 Å². The number of carbonyl (C=O) groups excluding carboxylic acids is 1. The number of benzene rings is 2. The van der Waals surface area contributed by atoms with E-state index in [-0.39, 0.29) is 6.04 Å². The number of nitrogens with zero attached hydrogens (tertiary/aromatic N) is 2. The molecule has 6 nitrogen and oxygen atoms in total. The second kappa shape index (κ2) is 8.61. The SMILES string of the molecule is CCOc1cc(N=CC2CC(c3ccc(N)cc3)=CN2C)c(C=O)cc1OC. The van der Waals surface area contributed by atoms with Gasteiger partial charge in [-0.05, 0) is 42.7 Å². The fraction of sp³-hybridized carbons (Fsp3) is 0.273. The van der Waals surface area contributed by atoms with Crippen molar-refractivity contribution in [1.82, 2.24) is 4.90 Å². The lowest BCUT2D eigenvalue weighted by Gasteiger charge is -2.16. The third kappa shape index (κ3) is 4.17. The Morgan fingerprint density at radius 3 is 2.64 bits per heavy atom. The summed E-state index contributed by atoms with van der Waals surface area (Å²) in [5, 5.41) is 0. The molecule has 28 heavy (non-hydrogen) atoms. The number of nitrogens with two attached hydrogens (primary N) is 1. The first kappa shape index (κ1) is 19.5. The van der Waals surface area contributed by atoms with E-state index in [1.165, 1.54) is 5.57 Å². The van der Waals surface area contributed by atoms with Crippen LogP contribution < -0.4 is 15.2 Å². The summed E-state index contributed by atoms with van der Waals surface area (Å²) < 4.78 is 10.9. The molecule has 0 saturated carbocycles. The molecule has 0 bridgehead atoms. The van der Waals surface area contributed by atoms with Crippen LogP contribution in [0.15, 0.2) is 47.6 Å². The van der Waals surface area contributed by atoms with Crippen LogP contribution >= 0.6 is 0 Å². The molecular weight excluding hydrogens is 354 g/mol. The largest absolute Gasteiger partial charge is 0.493 e. The van der Waals surface area contributed by atoms with Crippen LogP contribution in [0.3, 0.4) is 0 Å². The van der Waals surface area contributed by atoms with Crippen molar-refractivity contribution < 1.29 is 14.3 Å². The monoisotopic (exact) mass is 379 g/mol. The summed E-state index contributed by atoms with van der Waals surface area (Å²) in [6, 6.07) is 11.4. The predicted molar refractivity (Wildman–Crippen MR) is 113 cm³/mol. The van der Waals surface area contributed by atoms with E-state index in [1.807, 2.05) is 44.5 Å². The average molecular weight is 379 g/mol. The Morgan fingerprint density at radius 2 is 2.00 bits per heavy atom. The molecule has 0 saturated heterocycles. The molecule has 0 radical (unpaired) electrons. The van der Waals surface area contributed by atoms with Crippen LogP contribution in [0, 0.1) is 0 Å². The van der Waals surface area contributed by atoms with Crippen LogP contribution in [0.4, 0.5) is 11.4 Å². The van der Waals surface area contributed by atoms with Gasteiger partial charge in [0.1, 0.15) is 0 Å². The van der Waals surface area contributed by atoms with E-state index < -0.39 is 0 Å². The third-order valence-corrected chi connectivity index (χ3v) is 4.72. The van der Waals surface area contributed by atoms with Gasteiger partial charge in [0.05, 0.1) is 25.4 Å². The highest BCUT2D eigenvalue weighted by Gasteiger charge is 2.21. The van der Waals surface area contributed by atoms with Gasteiger partial charge in [0.25, 0.3) is 0 Å². The molecule has 2 aromatic rings. The van der Waals surface area contributed by atoms with Gasteiger partial charge in [0, 0.05) is 36.8 Å². The first-order chi connectivity index (χ1) is 13.5. The van der Waals surface area contributed by atoms with E-state index in [4.69, 9.17) is 15.2 Å². The molecule has 0 spiro atoms. The van der Waals surface area contributed by atoms with Crippen molar-refractivity contribution in [2.24, 2.45) is 4.99 Å². The lowest BCUT2D eigenvalue weighted by molar-refractivity contribution is 0.112. The topological polar surface area (TPSA) is 77.2 Å². The predicted octanol–water partition coefficient (Wildman–Crippen LogP) is 3.94. The van der Waals surface area contributed by atoms with E-state index in [0.29, 0.717) is 29.4 Å². The number of rotatable bonds is 7. The zero-order valence-corrected chi connectivity index (χ0v) is 16.4. The summed E-state index contributed by atoms with van der Waals surface area (Å²) in [6.45, 7) is 2.40. The van der Waals surface area contributed by atoms with Gasteiger partial charge in [-0.2, -0.15) is 0 Å². The molecular formula is C22H25N3O3. The fourth-order valence-electron chi connectivity index (χ4n) is 3.18. The zero-order valence-electron chi connectivity index (χ0n) is 16.4. The first-order valence-corrected chi connectivity index (χ1v) is 9.18. The summed E-state index contributed by atoms with van der Waals surface area (Å²) >= 11 is 0. The zero-order chi connectivity index (χ0) is 20.1. The van der Waals surface area contributed by atoms with Crippen molar-refractivity contribution in [3.63, 3.8) is 0 Å². The Hall–Kier alpha value is -3.28. The Balaban J connectivity index is 1.81. The molecule has 146 valence electrons. The quantitative estimate of drug-likeness (QED) is 0.448. The molecule has 2 N–H and O–H groups in total. The summed E-state index contributed by atoms with van der Waals surface area (Å²) in [5.74, 6) is 1.09. The Morgan fingerprint density at radius 1 is 1.25 bits per heavy atom. The summed E-state index contributed by atoms with van der Waals surface area (Å²) in [6.07, 6.45) is 5.59. The van der Waals surface area contributed by atoms with Crippen molar-refractivity contribution in [2.75, 3.05) is 26.5 Å². The maximum Gasteiger partial charge on any atom is 0.163 e. The lowest BCUT2D eigenvalue weighted by Crippen LogP contribution is -2.23. The molecule has 1 aliphatic heterocycles. The highest BCUT2D eigenvalue weighted by atomic mass is 16.5. The van der Waals surface area contributed by atoms with Gasteiger partial charge in [-0.25, -0.2) is 0 Å². The summed E-state index contributed by atoms with van der Waals surface area (Å²) in [4.78, 5) is 18.2. The van der Waals surface area contributed by atoms with E-state index in [0.717, 1.165) is 24.0 Å². The van der Waals surface area contributed by atoms with Gasteiger partial charge in [0.2, 0.25) is 0 Å². The van der Waals surface area contributed by atoms with E-state index in [2.05, 4.69) is 16.1 Å². The molecule has 1 atom stereocenters. The minimum Gasteiger partial charge on any atom is -0.493 e. The van der Waals surface area contributed by atoms with Gasteiger partial charge < -0.3 is 20.1 Å². The maximum absolute atomic E-state index is 11.5. The third-order valence-electron chi connectivity index (χ3n) is 4.72. The fourth-order valence-corrected chi connectivity index (χ4v) is 3.18. The number of carbonyl (C=O) groups is 1. The van der Waals surface area contributed by atoms with Crippen LogP contribution in [-0.4, -0.2) is 44.2 Å². The number of ether oxygens (including phenoxy) is 2. The second-order valence-electron chi connectivity index (χ2n) is 6.60. The van der Waals surface area contributed by atoms with E-state index in [9.17, 15) is 4.79 Å². The van der Waals surface area contributed by atoms with Crippen molar-refractivity contribution in [1.29, 1.82) is 0 Å². The summed E-state index contributed by atoms with van der Waals surface area (Å²) in [5.41, 5.74) is 9.92. The second-order valence-corrected chi connectivity index (χ2v) is 6.60. The van der Waals surface area contributed by atoms with Crippen LogP contribution in [-0.2, 0) is 0 Å². The molecule has 3 rings (SSSR count). The molecule has 2 aromatic carbocycles. The highest BCUT2D eigenvalue weighted by Crippen LogP contribution is 2.35. The van der Waals surface area contributed by atoms with Gasteiger partial charge in [-0.1, -0.05) is 12.1 Å². The van der Waals surface area contributed by atoms with Crippen molar-refractivity contribution in [3.8, 4) is 11.5 Å². The van der Waals surface area contributed by atoms with Crippen LogP contribution in [0.25, 0.3) is 5.57 Å². The van der Waals surface area contributed by atoms with Gasteiger partial charge >= 0.3 is 0 Å². The maximum atomic E-state index is 11.5. The Bertz CT molecular complexity index is 904. The number of hydrogen-bond acceptors (Lipinski definition) is 6. The smallest absolute Gasteiger partial charge is 0.163 e. The van der Waals surface area contributed by atoms with Gasteiger partial charge in [0.15, 0.2) is 17.8 Å². The standard InChI is InChI=1S/C22H25N3O3/c1-4-28-22-11-20(17(14-26)10-21(22)27-3)24-12-19-9-16(13-25(19)2)15-5-7-18(23)8-6-15/h5-8,10-14,19H,4,9,23H2,1-3H3. The molecule has 6 heteroatoms. The molecule has 1 aliphatic rings. The average Bonchev–Trinajstić information content (AvgIpc) is 3.07. The minimum absolute atomic E-state index is 0.102. The van der Waals surface area contributed by atoms with Gasteiger partial charge in [-0.15, -0.1) is 0 Å². The molecule has 0 aromatic heterocycles. The van der Waals surface area contributed by atoms with Crippen molar-refractivity contribution in [2.45, 2.75) is 19.4 Å². The lowest BCUT2D eigenvalue weighted by atomic mass is 10.0. The van der Waals surface area contributed by atoms with Gasteiger partial charge in [-0.3, -0.25) is 9.79 Å². The van der Waals surface area contributed by atoms with Crippen LogP contribution in [0.2, 0.25) is 0 Å². The minimum atomic E-state index is 0.102. The first-order valence-electron chi connectivity index (χ1n) is 9.18. The molecule has 1 unspecified atom stereocenters. The Labute approximate surface area is 165 Å². The molecule has 0 amide bonds. The highest BCUT2D eigenvalue weighted by molar-refractivity contribution is 5.87. The number of nitrogen functional groups attached to an aromatic ring is 1.